The number of hydrogen-bond acceptors (Lipinski definition) is 3. The number of carbonyl (C=O) groups is 1. The molecule has 4 nitrogen and oxygen atoms in total. The van der Waals surface area contributed by atoms with Gasteiger partial charge in [0.25, 0.3) is 15.0 Å². The summed E-state index contributed by atoms with van der Waals surface area (Å²) in [7, 11) is 3.01. The first-order valence-corrected chi connectivity index (χ1v) is 8.38. The van der Waals surface area contributed by atoms with Crippen LogP contribution in [-0.4, -0.2) is 32.3 Å². The Morgan fingerprint density at radius 3 is 2.42 bits per heavy atom. The van der Waals surface area contributed by atoms with E-state index in [2.05, 4.69) is 0 Å². The molecule has 0 fully saturated rings. The number of rotatable bonds is 4. The number of hydrogen-bond donors (Lipinski definition) is 0. The SMILES string of the molecule is CCC(C)N(C)C(=O)c1cc(Cl)cc(S(=O)(=O)Cl)c1. The zero-order valence-corrected chi connectivity index (χ0v) is 13.2. The molecule has 0 radical (unpaired) electrons. The van der Waals surface area contributed by atoms with Crippen LogP contribution in [0.2, 0.25) is 5.02 Å². The van der Waals surface area contributed by atoms with E-state index in [-0.39, 0.29) is 27.4 Å². The van der Waals surface area contributed by atoms with E-state index >= 15 is 0 Å². The standard InChI is InChI=1S/C12H15Cl2NO3S/c1-4-8(2)15(3)12(16)9-5-10(13)7-11(6-9)19(14,17)18/h5-8H,4H2,1-3H3. The van der Waals surface area contributed by atoms with Gasteiger partial charge in [0, 0.05) is 34.4 Å². The van der Waals surface area contributed by atoms with E-state index in [4.69, 9.17) is 22.3 Å². The summed E-state index contributed by atoms with van der Waals surface area (Å²) in [4.78, 5) is 13.6. The number of nitrogens with zero attached hydrogens (tertiary/aromatic N) is 1. The van der Waals surface area contributed by atoms with Gasteiger partial charge in [0.1, 0.15) is 0 Å². The second-order valence-corrected chi connectivity index (χ2v) is 7.29. The summed E-state index contributed by atoms with van der Waals surface area (Å²) in [5.74, 6) is -0.293. The highest BCUT2D eigenvalue weighted by molar-refractivity contribution is 8.13. The van der Waals surface area contributed by atoms with Gasteiger partial charge < -0.3 is 4.90 Å². The number of halogens is 2. The molecule has 1 atom stereocenters. The summed E-state index contributed by atoms with van der Waals surface area (Å²) in [5.41, 5.74) is 0.203. The Morgan fingerprint density at radius 2 is 1.95 bits per heavy atom. The maximum absolute atomic E-state index is 12.2. The molecule has 0 saturated heterocycles. The van der Waals surface area contributed by atoms with Gasteiger partial charge in [-0.15, -0.1) is 0 Å². The van der Waals surface area contributed by atoms with Crippen molar-refractivity contribution in [2.75, 3.05) is 7.05 Å². The number of benzene rings is 1. The average molecular weight is 324 g/mol. The molecular formula is C12H15Cl2NO3S. The molecular weight excluding hydrogens is 309 g/mol. The van der Waals surface area contributed by atoms with Crippen molar-refractivity contribution < 1.29 is 13.2 Å². The van der Waals surface area contributed by atoms with Crippen molar-refractivity contribution in [1.29, 1.82) is 0 Å². The predicted molar refractivity (Wildman–Crippen MR) is 76.3 cm³/mol. The molecule has 1 amide bonds. The van der Waals surface area contributed by atoms with Gasteiger partial charge in [0.15, 0.2) is 0 Å². The van der Waals surface area contributed by atoms with E-state index in [1.165, 1.54) is 23.1 Å². The smallest absolute Gasteiger partial charge is 0.261 e. The number of carbonyl (C=O) groups excluding carboxylic acids is 1. The molecule has 0 spiro atoms. The molecule has 0 saturated carbocycles. The first-order valence-electron chi connectivity index (χ1n) is 5.69. The Hall–Kier alpha value is -0.780. The fourth-order valence-electron chi connectivity index (χ4n) is 1.50. The molecule has 0 aliphatic carbocycles. The van der Waals surface area contributed by atoms with E-state index in [0.29, 0.717) is 0 Å². The topological polar surface area (TPSA) is 54.5 Å². The monoisotopic (exact) mass is 323 g/mol. The Labute approximate surface area is 122 Å². The summed E-state index contributed by atoms with van der Waals surface area (Å²) in [6.07, 6.45) is 0.795. The summed E-state index contributed by atoms with van der Waals surface area (Å²) < 4.78 is 22.6. The van der Waals surface area contributed by atoms with Crippen LogP contribution < -0.4 is 0 Å². The van der Waals surface area contributed by atoms with E-state index in [1.54, 1.807) is 7.05 Å². The third-order valence-electron chi connectivity index (χ3n) is 2.97. The van der Waals surface area contributed by atoms with Crippen LogP contribution in [0.3, 0.4) is 0 Å². The van der Waals surface area contributed by atoms with E-state index in [1.807, 2.05) is 13.8 Å². The van der Waals surface area contributed by atoms with Gasteiger partial charge in [-0.3, -0.25) is 4.79 Å². The molecule has 1 rings (SSSR count). The molecule has 0 bridgehead atoms. The Morgan fingerprint density at radius 1 is 1.37 bits per heavy atom. The van der Waals surface area contributed by atoms with Crippen molar-refractivity contribution in [1.82, 2.24) is 4.90 Å². The molecule has 0 heterocycles. The lowest BCUT2D eigenvalue weighted by Crippen LogP contribution is -2.34. The van der Waals surface area contributed by atoms with Crippen molar-refractivity contribution in [3.63, 3.8) is 0 Å². The summed E-state index contributed by atoms with van der Waals surface area (Å²) in [6.45, 7) is 3.86. The highest BCUT2D eigenvalue weighted by Gasteiger charge is 2.20. The average Bonchev–Trinajstić information content (AvgIpc) is 2.34. The zero-order chi connectivity index (χ0) is 14.8. The zero-order valence-electron chi connectivity index (χ0n) is 10.9. The van der Waals surface area contributed by atoms with Crippen LogP contribution in [0.25, 0.3) is 0 Å². The molecule has 0 aromatic heterocycles. The first-order chi connectivity index (χ1) is 8.66. The van der Waals surface area contributed by atoms with Gasteiger partial charge in [0.2, 0.25) is 0 Å². The van der Waals surface area contributed by atoms with Crippen molar-refractivity contribution in [2.45, 2.75) is 31.2 Å². The van der Waals surface area contributed by atoms with Crippen molar-refractivity contribution in [2.24, 2.45) is 0 Å². The Kier molecular flexibility index (Phi) is 5.24. The van der Waals surface area contributed by atoms with Crippen LogP contribution in [-0.2, 0) is 9.05 Å². The van der Waals surface area contributed by atoms with Crippen molar-refractivity contribution in [3.8, 4) is 0 Å². The summed E-state index contributed by atoms with van der Waals surface area (Å²) in [5, 5.41) is 0.155. The molecule has 1 aromatic carbocycles. The lowest BCUT2D eigenvalue weighted by Gasteiger charge is -2.24. The number of amides is 1. The van der Waals surface area contributed by atoms with Gasteiger partial charge >= 0.3 is 0 Å². The molecule has 7 heteroatoms. The van der Waals surface area contributed by atoms with Crippen LogP contribution >= 0.6 is 22.3 Å². The predicted octanol–water partition coefficient (Wildman–Crippen LogP) is 3.14. The van der Waals surface area contributed by atoms with Gasteiger partial charge in [-0.1, -0.05) is 18.5 Å². The lowest BCUT2D eigenvalue weighted by atomic mass is 10.1. The van der Waals surface area contributed by atoms with Crippen LogP contribution in [0.15, 0.2) is 23.1 Å². The van der Waals surface area contributed by atoms with E-state index in [9.17, 15) is 13.2 Å². The molecule has 19 heavy (non-hydrogen) atoms. The Balaban J connectivity index is 3.22. The van der Waals surface area contributed by atoms with Gasteiger partial charge in [-0.05, 0) is 31.5 Å². The van der Waals surface area contributed by atoms with Crippen LogP contribution in [0, 0.1) is 0 Å². The lowest BCUT2D eigenvalue weighted by molar-refractivity contribution is 0.0740. The van der Waals surface area contributed by atoms with Gasteiger partial charge in [-0.25, -0.2) is 8.42 Å². The third-order valence-corrected chi connectivity index (χ3v) is 4.52. The molecule has 0 aliphatic heterocycles. The van der Waals surface area contributed by atoms with Gasteiger partial charge in [0.05, 0.1) is 4.90 Å². The fourth-order valence-corrected chi connectivity index (χ4v) is 2.61. The minimum Gasteiger partial charge on any atom is -0.339 e. The third kappa shape index (κ3) is 4.09. The van der Waals surface area contributed by atoms with Crippen molar-refractivity contribution in [3.05, 3.63) is 28.8 Å². The maximum atomic E-state index is 12.2. The quantitative estimate of drug-likeness (QED) is 0.800. The molecule has 106 valence electrons. The van der Waals surface area contributed by atoms with Crippen LogP contribution in [0.4, 0.5) is 0 Å². The fraction of sp³-hybridized carbons (Fsp3) is 0.417. The maximum Gasteiger partial charge on any atom is 0.261 e. The molecule has 0 aliphatic rings. The first kappa shape index (κ1) is 16.3. The molecule has 0 N–H and O–H groups in total. The van der Waals surface area contributed by atoms with Crippen molar-refractivity contribution >= 4 is 37.2 Å². The Bertz CT molecular complexity index is 587. The summed E-state index contributed by atoms with van der Waals surface area (Å²) >= 11 is 5.82. The highest BCUT2D eigenvalue weighted by Crippen LogP contribution is 2.23. The molecule has 1 unspecified atom stereocenters. The van der Waals surface area contributed by atoms with E-state index in [0.717, 1.165) is 6.42 Å². The largest absolute Gasteiger partial charge is 0.339 e. The highest BCUT2D eigenvalue weighted by atomic mass is 35.7. The molecule has 1 aromatic rings. The second kappa shape index (κ2) is 6.11. The summed E-state index contributed by atoms with van der Waals surface area (Å²) in [6, 6.07) is 3.91. The second-order valence-electron chi connectivity index (χ2n) is 4.29. The van der Waals surface area contributed by atoms with Crippen LogP contribution in [0.1, 0.15) is 30.6 Å². The van der Waals surface area contributed by atoms with Gasteiger partial charge in [-0.2, -0.15) is 0 Å². The minimum atomic E-state index is -3.92. The van der Waals surface area contributed by atoms with E-state index < -0.39 is 9.05 Å². The minimum absolute atomic E-state index is 0.0440. The van der Waals surface area contributed by atoms with Crippen LogP contribution in [0.5, 0.6) is 0 Å². The normalized spacial score (nSPS) is 13.1.